The van der Waals surface area contributed by atoms with E-state index < -0.39 is 0 Å². The second kappa shape index (κ2) is 7.04. The predicted molar refractivity (Wildman–Crippen MR) is 88.6 cm³/mol. The maximum absolute atomic E-state index is 12.0. The molecule has 110 valence electrons. The molecule has 21 heavy (non-hydrogen) atoms. The number of carbonyl (C=O) groups is 1. The Morgan fingerprint density at radius 2 is 1.95 bits per heavy atom. The van der Waals surface area contributed by atoms with Gasteiger partial charge in [0.05, 0.1) is 7.11 Å². The van der Waals surface area contributed by atoms with Crippen molar-refractivity contribution in [2.75, 3.05) is 24.0 Å². The standard InChI is InChI=1S/C16H18N2O2S/c1-11-9-13(20-2)7-8-15(11)18-16(19)17-12-5-4-6-14(10-12)21-3/h4-10H,1-3H3,(H2,17,18,19). The van der Waals surface area contributed by atoms with Crippen molar-refractivity contribution in [1.82, 2.24) is 0 Å². The molecular weight excluding hydrogens is 284 g/mol. The second-order valence-corrected chi connectivity index (χ2v) is 5.37. The van der Waals surface area contributed by atoms with Gasteiger partial charge in [0.15, 0.2) is 0 Å². The molecule has 0 heterocycles. The Kier molecular flexibility index (Phi) is 5.11. The number of thioether (sulfide) groups is 1. The number of benzene rings is 2. The zero-order valence-corrected chi connectivity index (χ0v) is 13.1. The first kappa shape index (κ1) is 15.3. The third kappa shape index (κ3) is 4.16. The van der Waals surface area contributed by atoms with Gasteiger partial charge in [0, 0.05) is 16.3 Å². The van der Waals surface area contributed by atoms with Crippen LogP contribution in [-0.2, 0) is 0 Å². The highest BCUT2D eigenvalue weighted by Gasteiger charge is 2.06. The van der Waals surface area contributed by atoms with E-state index in [-0.39, 0.29) is 6.03 Å². The fourth-order valence-corrected chi connectivity index (χ4v) is 2.35. The fourth-order valence-electron chi connectivity index (χ4n) is 1.89. The molecule has 0 fully saturated rings. The number of amides is 2. The van der Waals surface area contributed by atoms with Gasteiger partial charge in [0.2, 0.25) is 0 Å². The SMILES string of the molecule is COc1ccc(NC(=O)Nc2cccc(SC)c2)c(C)c1. The number of ether oxygens (including phenoxy) is 1. The molecule has 2 amide bonds. The third-order valence-corrected chi connectivity index (χ3v) is 3.73. The van der Waals surface area contributed by atoms with Crippen molar-refractivity contribution in [3.05, 3.63) is 48.0 Å². The van der Waals surface area contributed by atoms with Crippen LogP contribution >= 0.6 is 11.8 Å². The van der Waals surface area contributed by atoms with Gasteiger partial charge in [-0.1, -0.05) is 6.07 Å². The molecule has 0 bridgehead atoms. The number of hydrogen-bond donors (Lipinski definition) is 2. The molecular formula is C16H18N2O2S. The maximum atomic E-state index is 12.0. The van der Waals surface area contributed by atoms with E-state index in [0.717, 1.165) is 27.6 Å². The van der Waals surface area contributed by atoms with E-state index in [1.807, 2.05) is 55.6 Å². The van der Waals surface area contributed by atoms with Gasteiger partial charge >= 0.3 is 6.03 Å². The number of hydrogen-bond acceptors (Lipinski definition) is 3. The summed E-state index contributed by atoms with van der Waals surface area (Å²) in [6.07, 6.45) is 2.00. The summed E-state index contributed by atoms with van der Waals surface area (Å²) < 4.78 is 5.15. The smallest absolute Gasteiger partial charge is 0.323 e. The summed E-state index contributed by atoms with van der Waals surface area (Å²) in [7, 11) is 1.62. The van der Waals surface area contributed by atoms with Crippen molar-refractivity contribution in [2.24, 2.45) is 0 Å². The van der Waals surface area contributed by atoms with Crippen molar-refractivity contribution in [2.45, 2.75) is 11.8 Å². The van der Waals surface area contributed by atoms with E-state index in [4.69, 9.17) is 4.74 Å². The van der Waals surface area contributed by atoms with Gasteiger partial charge in [-0.25, -0.2) is 4.79 Å². The van der Waals surface area contributed by atoms with Crippen molar-refractivity contribution >= 4 is 29.2 Å². The van der Waals surface area contributed by atoms with Crippen LogP contribution in [0.1, 0.15) is 5.56 Å². The van der Waals surface area contributed by atoms with Crippen LogP contribution in [0.4, 0.5) is 16.2 Å². The summed E-state index contributed by atoms with van der Waals surface area (Å²) in [5.41, 5.74) is 2.47. The van der Waals surface area contributed by atoms with Crippen molar-refractivity contribution < 1.29 is 9.53 Å². The summed E-state index contributed by atoms with van der Waals surface area (Å²) in [5.74, 6) is 0.770. The molecule has 0 aliphatic heterocycles. The molecule has 0 saturated heterocycles. The molecule has 0 aliphatic carbocycles. The average molecular weight is 302 g/mol. The Morgan fingerprint density at radius 3 is 2.62 bits per heavy atom. The van der Waals surface area contributed by atoms with Gasteiger partial charge in [-0.15, -0.1) is 11.8 Å². The lowest BCUT2D eigenvalue weighted by Gasteiger charge is -2.11. The molecule has 0 atom stereocenters. The van der Waals surface area contributed by atoms with Crippen LogP contribution in [0, 0.1) is 6.92 Å². The Balaban J connectivity index is 2.04. The van der Waals surface area contributed by atoms with Gasteiger partial charge in [-0.2, -0.15) is 0 Å². The molecule has 5 heteroatoms. The van der Waals surface area contributed by atoms with Gasteiger partial charge in [0.1, 0.15) is 5.75 Å². The van der Waals surface area contributed by atoms with Crippen LogP contribution in [0.25, 0.3) is 0 Å². The molecule has 2 aromatic rings. The molecule has 0 radical (unpaired) electrons. The maximum Gasteiger partial charge on any atom is 0.323 e. The minimum Gasteiger partial charge on any atom is -0.497 e. The zero-order chi connectivity index (χ0) is 15.2. The first-order valence-corrected chi connectivity index (χ1v) is 7.71. The van der Waals surface area contributed by atoms with Crippen molar-refractivity contribution in [1.29, 1.82) is 0 Å². The van der Waals surface area contributed by atoms with Gasteiger partial charge in [-0.3, -0.25) is 0 Å². The summed E-state index contributed by atoms with van der Waals surface area (Å²) in [6.45, 7) is 1.92. The molecule has 0 aromatic heterocycles. The summed E-state index contributed by atoms with van der Waals surface area (Å²) >= 11 is 1.63. The van der Waals surface area contributed by atoms with Crippen LogP contribution in [0.3, 0.4) is 0 Å². The molecule has 0 unspecified atom stereocenters. The minimum atomic E-state index is -0.262. The van der Waals surface area contributed by atoms with Crippen LogP contribution in [0.5, 0.6) is 5.75 Å². The molecule has 0 aliphatic rings. The van der Waals surface area contributed by atoms with Crippen LogP contribution < -0.4 is 15.4 Å². The third-order valence-electron chi connectivity index (χ3n) is 3.01. The highest BCUT2D eigenvalue weighted by atomic mass is 32.2. The molecule has 2 rings (SSSR count). The molecule has 0 spiro atoms. The van der Waals surface area contributed by atoms with Crippen LogP contribution in [0.2, 0.25) is 0 Å². The van der Waals surface area contributed by atoms with E-state index in [1.165, 1.54) is 0 Å². The average Bonchev–Trinajstić information content (AvgIpc) is 2.49. The largest absolute Gasteiger partial charge is 0.497 e. The lowest BCUT2D eigenvalue weighted by molar-refractivity contribution is 0.262. The predicted octanol–water partition coefficient (Wildman–Crippen LogP) is 4.37. The lowest BCUT2D eigenvalue weighted by Crippen LogP contribution is -2.19. The second-order valence-electron chi connectivity index (χ2n) is 4.49. The normalized spacial score (nSPS) is 10.0. The van der Waals surface area contributed by atoms with Crippen molar-refractivity contribution in [3.8, 4) is 5.75 Å². The summed E-state index contributed by atoms with van der Waals surface area (Å²) in [5, 5.41) is 5.66. The minimum absolute atomic E-state index is 0.262. The Labute approximate surface area is 128 Å². The number of rotatable bonds is 4. The molecule has 2 N–H and O–H groups in total. The topological polar surface area (TPSA) is 50.4 Å². The van der Waals surface area contributed by atoms with Crippen LogP contribution in [-0.4, -0.2) is 19.4 Å². The van der Waals surface area contributed by atoms with E-state index in [1.54, 1.807) is 18.9 Å². The monoisotopic (exact) mass is 302 g/mol. The van der Waals surface area contributed by atoms with Gasteiger partial charge in [-0.05, 0) is 55.1 Å². The summed E-state index contributed by atoms with van der Waals surface area (Å²) in [4.78, 5) is 13.1. The zero-order valence-electron chi connectivity index (χ0n) is 12.3. The molecule has 2 aromatic carbocycles. The lowest BCUT2D eigenvalue weighted by atomic mass is 10.2. The van der Waals surface area contributed by atoms with E-state index in [0.29, 0.717) is 0 Å². The number of nitrogens with one attached hydrogen (secondary N) is 2. The van der Waals surface area contributed by atoms with Gasteiger partial charge < -0.3 is 15.4 Å². The van der Waals surface area contributed by atoms with E-state index in [2.05, 4.69) is 10.6 Å². The fraction of sp³-hybridized carbons (Fsp3) is 0.188. The van der Waals surface area contributed by atoms with Crippen LogP contribution in [0.15, 0.2) is 47.4 Å². The Hall–Kier alpha value is -2.14. The van der Waals surface area contributed by atoms with E-state index in [9.17, 15) is 4.79 Å². The Bertz CT molecular complexity index is 644. The molecule has 4 nitrogen and oxygen atoms in total. The number of urea groups is 1. The number of anilines is 2. The number of methoxy groups -OCH3 is 1. The molecule has 0 saturated carbocycles. The number of aryl methyl sites for hydroxylation is 1. The first-order valence-electron chi connectivity index (χ1n) is 6.49. The van der Waals surface area contributed by atoms with Gasteiger partial charge in [0.25, 0.3) is 0 Å². The van der Waals surface area contributed by atoms with Crippen molar-refractivity contribution in [3.63, 3.8) is 0 Å². The Morgan fingerprint density at radius 1 is 1.14 bits per heavy atom. The summed E-state index contributed by atoms with van der Waals surface area (Å²) in [6, 6.07) is 13.0. The van der Waals surface area contributed by atoms with E-state index >= 15 is 0 Å². The first-order chi connectivity index (χ1) is 10.1. The highest BCUT2D eigenvalue weighted by molar-refractivity contribution is 7.98. The quantitative estimate of drug-likeness (QED) is 0.825. The highest BCUT2D eigenvalue weighted by Crippen LogP contribution is 2.22. The number of carbonyl (C=O) groups excluding carboxylic acids is 1.